The Morgan fingerprint density at radius 1 is 0.745 bits per heavy atom. The third-order valence-electron chi connectivity index (χ3n) is 8.29. The number of anilines is 2. The molecular weight excluding hydrogens is 656 g/mol. The smallest absolute Gasteiger partial charge is 0.323 e. The molecule has 0 aliphatic carbocycles. The first-order valence-corrected chi connectivity index (χ1v) is 16.1. The highest BCUT2D eigenvalue weighted by atomic mass is 16.4. The van der Waals surface area contributed by atoms with Crippen LogP contribution < -0.4 is 21.3 Å². The van der Waals surface area contributed by atoms with Gasteiger partial charge in [-0.1, -0.05) is 24.3 Å². The Hall–Kier alpha value is -5.54. The lowest BCUT2D eigenvalue weighted by molar-refractivity contribution is -0.140. The molecule has 2 atom stereocenters. The van der Waals surface area contributed by atoms with Crippen LogP contribution in [0.4, 0.5) is 11.4 Å². The van der Waals surface area contributed by atoms with Crippen molar-refractivity contribution in [3.05, 3.63) is 106 Å². The lowest BCUT2D eigenvalue weighted by Gasteiger charge is -2.17. The minimum absolute atomic E-state index is 0.0294. The van der Waals surface area contributed by atoms with Crippen LogP contribution in [0.25, 0.3) is 11.1 Å². The Bertz CT molecular complexity index is 1870. The number of aliphatic hydroxyl groups excluding tert-OH is 2. The molecule has 51 heavy (non-hydrogen) atoms. The topological polar surface area (TPSA) is 223 Å². The van der Waals surface area contributed by atoms with Gasteiger partial charge in [-0.2, -0.15) is 0 Å². The molecule has 4 rings (SSSR count). The molecule has 270 valence electrons. The van der Waals surface area contributed by atoms with E-state index in [1.807, 2.05) is 58.0 Å². The molecule has 0 aliphatic rings. The van der Waals surface area contributed by atoms with E-state index in [9.17, 15) is 24.6 Å². The number of carboxylic acids is 1. The summed E-state index contributed by atoms with van der Waals surface area (Å²) in [7, 11) is 0. The van der Waals surface area contributed by atoms with Crippen LogP contribution in [-0.2, 0) is 22.7 Å². The average molecular weight is 701 g/mol. The molecule has 0 radical (unpaired) electrons. The van der Waals surface area contributed by atoms with Gasteiger partial charge in [-0.05, 0) is 103 Å². The normalized spacial score (nSPS) is 11.8. The number of benzene rings is 2. The van der Waals surface area contributed by atoms with Crippen molar-refractivity contribution < 1.29 is 39.6 Å². The number of aromatic nitrogens is 2. The highest BCUT2D eigenvalue weighted by Gasteiger charge is 2.18. The van der Waals surface area contributed by atoms with Gasteiger partial charge in [0.15, 0.2) is 0 Å². The highest BCUT2D eigenvalue weighted by molar-refractivity contribution is 6.05. The number of carbonyl (C=O) groups excluding carboxylic acids is 2. The number of carboxylic acid groups (broad SMARTS) is 2. The van der Waals surface area contributed by atoms with E-state index in [0.717, 1.165) is 38.9 Å². The monoisotopic (exact) mass is 700 g/mol. The van der Waals surface area contributed by atoms with E-state index in [1.165, 1.54) is 6.20 Å². The molecule has 2 aromatic carbocycles. The molecule has 14 nitrogen and oxygen atoms in total. The SMILES string of the molecule is Cc1cc(C(=O)Nc2cccc(-c3cccc(NC(=O)c4cc(C)c(CNC(CO)C(=O)O)cn4)c3C)c2C)ncc1CNC(C)CO.O=CO. The van der Waals surface area contributed by atoms with Crippen LogP contribution in [0.3, 0.4) is 0 Å². The van der Waals surface area contributed by atoms with E-state index in [1.54, 1.807) is 31.3 Å². The molecule has 0 fully saturated rings. The maximum absolute atomic E-state index is 13.2. The van der Waals surface area contributed by atoms with Crippen LogP contribution in [0, 0.1) is 27.7 Å². The Morgan fingerprint density at radius 2 is 1.18 bits per heavy atom. The van der Waals surface area contributed by atoms with Gasteiger partial charge in [-0.15, -0.1) is 0 Å². The minimum Gasteiger partial charge on any atom is -0.483 e. The number of carbonyl (C=O) groups is 4. The number of aliphatic carboxylic acids is 1. The molecule has 2 unspecified atom stereocenters. The highest BCUT2D eigenvalue weighted by Crippen LogP contribution is 2.34. The van der Waals surface area contributed by atoms with Gasteiger partial charge in [0.1, 0.15) is 17.4 Å². The number of aryl methyl sites for hydroxylation is 2. The molecule has 0 saturated carbocycles. The Morgan fingerprint density at radius 3 is 1.55 bits per heavy atom. The van der Waals surface area contributed by atoms with Crippen molar-refractivity contribution in [2.24, 2.45) is 0 Å². The van der Waals surface area contributed by atoms with Gasteiger partial charge in [-0.3, -0.25) is 34.5 Å². The lowest BCUT2D eigenvalue weighted by Crippen LogP contribution is -2.39. The number of rotatable bonds is 14. The third-order valence-corrected chi connectivity index (χ3v) is 8.29. The Labute approximate surface area is 296 Å². The van der Waals surface area contributed by atoms with Crippen molar-refractivity contribution in [2.75, 3.05) is 23.8 Å². The summed E-state index contributed by atoms with van der Waals surface area (Å²) in [5.41, 5.74) is 8.48. The summed E-state index contributed by atoms with van der Waals surface area (Å²) in [6.45, 7) is 9.38. The van der Waals surface area contributed by atoms with E-state index < -0.39 is 24.5 Å². The van der Waals surface area contributed by atoms with Gasteiger partial charge in [-0.25, -0.2) is 0 Å². The predicted molar refractivity (Wildman–Crippen MR) is 193 cm³/mol. The fraction of sp³-hybridized carbons (Fsp3) is 0.297. The van der Waals surface area contributed by atoms with Crippen molar-refractivity contribution in [2.45, 2.75) is 59.8 Å². The molecule has 0 saturated heterocycles. The quantitative estimate of drug-likeness (QED) is 0.0884. The second-order valence-electron chi connectivity index (χ2n) is 11.9. The van der Waals surface area contributed by atoms with E-state index in [4.69, 9.17) is 15.0 Å². The van der Waals surface area contributed by atoms with Crippen LogP contribution in [0.15, 0.2) is 60.9 Å². The van der Waals surface area contributed by atoms with Crippen LogP contribution in [0.2, 0.25) is 0 Å². The Kier molecular flexibility index (Phi) is 14.9. The van der Waals surface area contributed by atoms with Crippen molar-refractivity contribution in [1.82, 2.24) is 20.6 Å². The summed E-state index contributed by atoms with van der Waals surface area (Å²) in [5, 5.41) is 46.4. The molecule has 2 aromatic heterocycles. The summed E-state index contributed by atoms with van der Waals surface area (Å²) in [4.78, 5) is 54.6. The zero-order valence-corrected chi connectivity index (χ0v) is 29.2. The summed E-state index contributed by atoms with van der Waals surface area (Å²) >= 11 is 0. The number of amides is 2. The minimum atomic E-state index is -1.16. The fourth-order valence-corrected chi connectivity index (χ4v) is 5.10. The number of nitrogens with one attached hydrogen (secondary N) is 4. The molecule has 2 heterocycles. The van der Waals surface area contributed by atoms with Crippen LogP contribution in [-0.4, -0.2) is 79.9 Å². The van der Waals surface area contributed by atoms with Gasteiger partial charge in [0.25, 0.3) is 18.3 Å². The number of aliphatic hydroxyl groups is 2. The van der Waals surface area contributed by atoms with Gasteiger partial charge < -0.3 is 36.4 Å². The summed E-state index contributed by atoms with van der Waals surface area (Å²) in [5.74, 6) is -1.89. The number of hydrogen-bond acceptors (Lipinski definition) is 10. The molecule has 0 aliphatic heterocycles. The zero-order chi connectivity index (χ0) is 37.7. The molecule has 2 amide bonds. The van der Waals surface area contributed by atoms with Gasteiger partial charge >= 0.3 is 5.97 Å². The predicted octanol–water partition coefficient (Wildman–Crippen LogP) is 3.59. The fourth-order valence-electron chi connectivity index (χ4n) is 5.10. The molecule has 0 spiro atoms. The van der Waals surface area contributed by atoms with Gasteiger partial charge in [0.05, 0.1) is 13.2 Å². The largest absolute Gasteiger partial charge is 0.483 e. The number of pyridine rings is 2. The first kappa shape index (κ1) is 39.9. The van der Waals surface area contributed by atoms with E-state index in [0.29, 0.717) is 29.2 Å². The lowest BCUT2D eigenvalue weighted by atomic mass is 9.94. The van der Waals surface area contributed by atoms with E-state index in [2.05, 4.69) is 31.2 Å². The van der Waals surface area contributed by atoms with E-state index in [-0.39, 0.29) is 37.3 Å². The first-order chi connectivity index (χ1) is 24.3. The second-order valence-corrected chi connectivity index (χ2v) is 11.9. The summed E-state index contributed by atoms with van der Waals surface area (Å²) in [6.07, 6.45) is 3.19. The van der Waals surface area contributed by atoms with Crippen molar-refractivity contribution in [3.8, 4) is 11.1 Å². The summed E-state index contributed by atoms with van der Waals surface area (Å²) < 4.78 is 0. The Balaban J connectivity index is 0.00000226. The number of hydrogen-bond donors (Lipinski definition) is 8. The second kappa shape index (κ2) is 19.0. The first-order valence-electron chi connectivity index (χ1n) is 16.1. The van der Waals surface area contributed by atoms with Crippen LogP contribution in [0.1, 0.15) is 61.3 Å². The van der Waals surface area contributed by atoms with Crippen LogP contribution >= 0.6 is 0 Å². The maximum Gasteiger partial charge on any atom is 0.323 e. The van der Waals surface area contributed by atoms with E-state index >= 15 is 0 Å². The maximum atomic E-state index is 13.2. The molecule has 14 heteroatoms. The van der Waals surface area contributed by atoms with Gasteiger partial charge in [0, 0.05) is 42.9 Å². The van der Waals surface area contributed by atoms with Crippen molar-refractivity contribution >= 4 is 35.6 Å². The summed E-state index contributed by atoms with van der Waals surface area (Å²) in [6, 6.07) is 13.5. The molecule has 8 N–H and O–H groups in total. The molecule has 4 aromatic rings. The third kappa shape index (κ3) is 10.7. The average Bonchev–Trinajstić information content (AvgIpc) is 3.10. The van der Waals surface area contributed by atoms with Crippen LogP contribution in [0.5, 0.6) is 0 Å². The van der Waals surface area contributed by atoms with Gasteiger partial charge in [0.2, 0.25) is 0 Å². The standard InChI is InChI=1S/C36H42N6O6.CH2O2/c1-20-12-31(38-15-25(20)14-37-22(3)18-43)34(45)41-29-10-6-8-27(23(29)4)28-9-7-11-30(24(28)5)42-35(46)32-13-21(2)26(16-39-32)17-40-33(19-44)36(47)48;2-1-3/h6-13,15-16,22,33,37,40,43-44H,14,17-19H2,1-5H3,(H,41,45)(H,42,46)(H,47,48);1H,(H,2,3). The van der Waals surface area contributed by atoms with Crippen molar-refractivity contribution in [3.63, 3.8) is 0 Å². The molecule has 0 bridgehead atoms. The number of nitrogens with zero attached hydrogens (tertiary/aromatic N) is 2. The van der Waals surface area contributed by atoms with Crippen molar-refractivity contribution in [1.29, 1.82) is 0 Å². The molecular formula is C37H44N6O8. The zero-order valence-electron chi connectivity index (χ0n) is 29.2.